The molecule has 0 unspecified atom stereocenters. The van der Waals surface area contributed by atoms with Crippen molar-refractivity contribution in [3.05, 3.63) is 29.8 Å². The molecule has 0 fully saturated rings. The molecule has 7 heteroatoms. The lowest BCUT2D eigenvalue weighted by Gasteiger charge is -2.14. The summed E-state index contributed by atoms with van der Waals surface area (Å²) in [6.45, 7) is 6.61. The molecule has 0 amide bonds. The summed E-state index contributed by atoms with van der Waals surface area (Å²) >= 11 is 0. The standard InChI is InChI=1S/C18H32N4O2.HI/c1-5-19-18(20-11-8-13-23-4)21-15-16-9-6-7-10-17(16)24-14-12-22(2)3;/h6-7,9-10H,5,8,11-15H2,1-4H3,(H2,19,20,21);1H. The number of halogens is 1. The van der Waals surface area contributed by atoms with E-state index in [0.29, 0.717) is 13.2 Å². The highest BCUT2D eigenvalue weighted by molar-refractivity contribution is 14.0. The topological polar surface area (TPSA) is 58.1 Å². The zero-order chi connectivity index (χ0) is 17.6. The van der Waals surface area contributed by atoms with E-state index in [0.717, 1.165) is 49.9 Å². The Balaban J connectivity index is 0.00000576. The van der Waals surface area contributed by atoms with Crippen LogP contribution in [0, 0.1) is 0 Å². The fourth-order valence-electron chi connectivity index (χ4n) is 2.04. The lowest BCUT2D eigenvalue weighted by atomic mass is 10.2. The molecule has 0 spiro atoms. The zero-order valence-corrected chi connectivity index (χ0v) is 18.2. The minimum absolute atomic E-state index is 0. The van der Waals surface area contributed by atoms with Crippen LogP contribution >= 0.6 is 24.0 Å². The van der Waals surface area contributed by atoms with Crippen LogP contribution in [-0.2, 0) is 11.3 Å². The van der Waals surface area contributed by atoms with Gasteiger partial charge in [0.2, 0.25) is 0 Å². The molecular formula is C18H33IN4O2. The van der Waals surface area contributed by atoms with Crippen molar-refractivity contribution in [2.75, 3.05) is 54.1 Å². The number of aliphatic imine (C=N–C) groups is 1. The third-order valence-corrected chi connectivity index (χ3v) is 3.34. The van der Waals surface area contributed by atoms with Crippen LogP contribution in [-0.4, -0.2) is 64.9 Å². The molecule has 25 heavy (non-hydrogen) atoms. The quantitative estimate of drug-likeness (QED) is 0.228. The van der Waals surface area contributed by atoms with Gasteiger partial charge in [-0.3, -0.25) is 0 Å². The minimum atomic E-state index is 0. The SMILES string of the molecule is CCNC(=NCc1ccccc1OCCN(C)C)NCCCOC.I. The van der Waals surface area contributed by atoms with Crippen molar-refractivity contribution in [2.45, 2.75) is 19.9 Å². The first-order chi connectivity index (χ1) is 11.7. The number of guanidine groups is 1. The summed E-state index contributed by atoms with van der Waals surface area (Å²) in [7, 11) is 5.79. The van der Waals surface area contributed by atoms with Gasteiger partial charge in [-0.2, -0.15) is 0 Å². The van der Waals surface area contributed by atoms with Crippen LogP contribution in [0.25, 0.3) is 0 Å². The van der Waals surface area contributed by atoms with Gasteiger partial charge >= 0.3 is 0 Å². The van der Waals surface area contributed by atoms with Gasteiger partial charge in [0.25, 0.3) is 0 Å². The molecule has 0 aromatic heterocycles. The van der Waals surface area contributed by atoms with Crippen molar-refractivity contribution in [3.63, 3.8) is 0 Å². The van der Waals surface area contributed by atoms with Crippen LogP contribution in [0.3, 0.4) is 0 Å². The maximum atomic E-state index is 5.89. The zero-order valence-electron chi connectivity index (χ0n) is 15.9. The van der Waals surface area contributed by atoms with Crippen molar-refractivity contribution in [3.8, 4) is 5.75 Å². The second kappa shape index (κ2) is 15.2. The Morgan fingerprint density at radius 2 is 1.92 bits per heavy atom. The number of nitrogens with one attached hydrogen (secondary N) is 2. The molecule has 144 valence electrons. The number of likely N-dealkylation sites (N-methyl/N-ethyl adjacent to an activating group) is 1. The molecule has 1 aromatic rings. The van der Waals surface area contributed by atoms with Crippen molar-refractivity contribution in [1.82, 2.24) is 15.5 Å². The number of methoxy groups -OCH3 is 1. The van der Waals surface area contributed by atoms with E-state index in [2.05, 4.69) is 33.5 Å². The number of hydrogen-bond donors (Lipinski definition) is 2. The summed E-state index contributed by atoms with van der Waals surface area (Å²) in [5.74, 6) is 1.72. The Kier molecular flexibility index (Phi) is 14.6. The number of benzene rings is 1. The number of para-hydroxylation sites is 1. The van der Waals surface area contributed by atoms with E-state index in [4.69, 9.17) is 9.47 Å². The van der Waals surface area contributed by atoms with Crippen molar-refractivity contribution in [1.29, 1.82) is 0 Å². The fraction of sp³-hybridized carbons (Fsp3) is 0.611. The van der Waals surface area contributed by atoms with E-state index >= 15 is 0 Å². The van der Waals surface area contributed by atoms with Crippen LogP contribution in [0.4, 0.5) is 0 Å². The molecule has 2 N–H and O–H groups in total. The molecule has 0 atom stereocenters. The smallest absolute Gasteiger partial charge is 0.191 e. The van der Waals surface area contributed by atoms with Crippen LogP contribution in [0.15, 0.2) is 29.3 Å². The summed E-state index contributed by atoms with van der Waals surface area (Å²) in [6, 6.07) is 8.07. The third kappa shape index (κ3) is 11.2. The fourth-order valence-corrected chi connectivity index (χ4v) is 2.04. The van der Waals surface area contributed by atoms with Crippen LogP contribution in [0.5, 0.6) is 5.75 Å². The van der Waals surface area contributed by atoms with E-state index in [1.54, 1.807) is 7.11 Å². The van der Waals surface area contributed by atoms with Crippen molar-refractivity contribution < 1.29 is 9.47 Å². The van der Waals surface area contributed by atoms with Gasteiger partial charge < -0.3 is 25.0 Å². The first-order valence-corrected chi connectivity index (χ1v) is 8.54. The summed E-state index contributed by atoms with van der Waals surface area (Å²) in [4.78, 5) is 6.75. The molecule has 0 aliphatic heterocycles. The number of rotatable bonds is 11. The molecule has 1 aromatic carbocycles. The molecule has 0 saturated heterocycles. The second-order valence-corrected chi connectivity index (χ2v) is 5.73. The molecule has 0 radical (unpaired) electrons. The van der Waals surface area contributed by atoms with Gasteiger partial charge in [-0.1, -0.05) is 18.2 Å². The maximum Gasteiger partial charge on any atom is 0.191 e. The highest BCUT2D eigenvalue weighted by Gasteiger charge is 2.04. The normalized spacial score (nSPS) is 11.2. The van der Waals surface area contributed by atoms with Gasteiger partial charge in [0, 0.05) is 38.9 Å². The summed E-state index contributed by atoms with van der Waals surface area (Å²) < 4.78 is 10.9. The van der Waals surface area contributed by atoms with Crippen LogP contribution < -0.4 is 15.4 Å². The van der Waals surface area contributed by atoms with E-state index in [1.807, 2.05) is 32.3 Å². The lowest BCUT2D eigenvalue weighted by molar-refractivity contribution is 0.195. The molecule has 0 aliphatic carbocycles. The molecule has 0 heterocycles. The highest BCUT2D eigenvalue weighted by Crippen LogP contribution is 2.18. The number of hydrogen-bond acceptors (Lipinski definition) is 4. The van der Waals surface area contributed by atoms with Gasteiger partial charge in [0.05, 0.1) is 6.54 Å². The maximum absolute atomic E-state index is 5.89. The average Bonchev–Trinajstić information content (AvgIpc) is 2.57. The minimum Gasteiger partial charge on any atom is -0.492 e. The third-order valence-electron chi connectivity index (χ3n) is 3.34. The summed E-state index contributed by atoms with van der Waals surface area (Å²) in [5.41, 5.74) is 1.09. The van der Waals surface area contributed by atoms with E-state index in [-0.39, 0.29) is 24.0 Å². The summed E-state index contributed by atoms with van der Waals surface area (Å²) in [6.07, 6.45) is 0.950. The Bertz CT molecular complexity index is 484. The van der Waals surface area contributed by atoms with Crippen molar-refractivity contribution >= 4 is 29.9 Å². The summed E-state index contributed by atoms with van der Waals surface area (Å²) in [5, 5.41) is 6.57. The first-order valence-electron chi connectivity index (χ1n) is 8.54. The predicted octanol–water partition coefficient (Wildman–Crippen LogP) is 2.34. The first kappa shape index (κ1) is 23.9. The molecule has 1 rings (SSSR count). The predicted molar refractivity (Wildman–Crippen MR) is 115 cm³/mol. The van der Waals surface area contributed by atoms with E-state index in [9.17, 15) is 0 Å². The Morgan fingerprint density at radius 3 is 2.60 bits per heavy atom. The largest absolute Gasteiger partial charge is 0.492 e. The van der Waals surface area contributed by atoms with Gasteiger partial charge in [0.1, 0.15) is 12.4 Å². The average molecular weight is 464 g/mol. The number of ether oxygens (including phenoxy) is 2. The van der Waals surface area contributed by atoms with Gasteiger partial charge in [-0.05, 0) is 33.5 Å². The van der Waals surface area contributed by atoms with Crippen LogP contribution in [0.2, 0.25) is 0 Å². The Labute approximate surface area is 169 Å². The Hall–Kier alpha value is -1.06. The molecular weight excluding hydrogens is 431 g/mol. The molecule has 0 saturated carbocycles. The number of nitrogens with zero attached hydrogens (tertiary/aromatic N) is 2. The highest BCUT2D eigenvalue weighted by atomic mass is 127. The van der Waals surface area contributed by atoms with Gasteiger partial charge in [-0.15, -0.1) is 24.0 Å². The van der Waals surface area contributed by atoms with Gasteiger partial charge in [-0.25, -0.2) is 4.99 Å². The van der Waals surface area contributed by atoms with Crippen molar-refractivity contribution in [2.24, 2.45) is 4.99 Å². The molecule has 0 aliphatic rings. The van der Waals surface area contributed by atoms with Gasteiger partial charge in [0.15, 0.2) is 5.96 Å². The molecule has 6 nitrogen and oxygen atoms in total. The second-order valence-electron chi connectivity index (χ2n) is 5.73. The van der Waals surface area contributed by atoms with E-state index in [1.165, 1.54) is 0 Å². The monoisotopic (exact) mass is 464 g/mol. The van der Waals surface area contributed by atoms with Crippen LogP contribution in [0.1, 0.15) is 18.9 Å². The lowest BCUT2D eigenvalue weighted by Crippen LogP contribution is -2.38. The Morgan fingerprint density at radius 1 is 1.16 bits per heavy atom. The van der Waals surface area contributed by atoms with E-state index < -0.39 is 0 Å². The molecule has 0 bridgehead atoms.